The lowest BCUT2D eigenvalue weighted by atomic mass is 9.98. The number of aliphatic hydroxyl groups is 1. The van der Waals surface area contributed by atoms with Crippen LogP contribution in [0.1, 0.15) is 45.6 Å². The molecule has 1 aromatic rings. The van der Waals surface area contributed by atoms with Crippen molar-refractivity contribution in [1.29, 1.82) is 0 Å². The summed E-state index contributed by atoms with van der Waals surface area (Å²) >= 11 is 0. The number of carbonyl (C=O) groups excluding carboxylic acids is 1. The van der Waals surface area contributed by atoms with Gasteiger partial charge in [-0.2, -0.15) is 0 Å². The largest absolute Gasteiger partial charge is 0.491 e. The maximum Gasteiger partial charge on any atom is 0.127 e. The molecular formula is C17H26FNO3. The minimum absolute atomic E-state index is 0.0594. The van der Waals surface area contributed by atoms with E-state index in [4.69, 9.17) is 4.74 Å². The van der Waals surface area contributed by atoms with E-state index in [1.165, 1.54) is 12.1 Å². The molecule has 0 aliphatic rings. The molecule has 0 radical (unpaired) electrons. The number of benzene rings is 1. The van der Waals surface area contributed by atoms with Crippen molar-refractivity contribution >= 4 is 6.29 Å². The van der Waals surface area contributed by atoms with Crippen LogP contribution in [0, 0.1) is 5.82 Å². The number of β-amino-alcohol motifs (C(OH)–C–C–N with tert-alkyl or cyclic N) is 1. The predicted octanol–water partition coefficient (Wildman–Crippen LogP) is 2.65. The van der Waals surface area contributed by atoms with Gasteiger partial charge in [-0.1, -0.05) is 6.92 Å². The van der Waals surface area contributed by atoms with Crippen LogP contribution in [0.25, 0.3) is 0 Å². The molecule has 22 heavy (non-hydrogen) atoms. The van der Waals surface area contributed by atoms with Crippen LogP contribution in [-0.2, 0) is 4.79 Å². The number of hydrogen-bond donors (Lipinski definition) is 2. The van der Waals surface area contributed by atoms with E-state index in [1.54, 1.807) is 6.07 Å². The molecule has 0 aromatic heterocycles. The zero-order chi connectivity index (χ0) is 16.8. The number of rotatable bonds is 8. The molecule has 2 unspecified atom stereocenters. The first-order valence-electron chi connectivity index (χ1n) is 7.57. The van der Waals surface area contributed by atoms with E-state index in [0.29, 0.717) is 24.3 Å². The Bertz CT molecular complexity index is 485. The van der Waals surface area contributed by atoms with E-state index in [0.717, 1.165) is 6.29 Å². The topological polar surface area (TPSA) is 58.6 Å². The fourth-order valence-electron chi connectivity index (χ4n) is 1.97. The Balaban J connectivity index is 2.64. The fraction of sp³-hybridized carbons (Fsp3) is 0.588. The summed E-state index contributed by atoms with van der Waals surface area (Å²) in [6, 6.07) is 4.24. The number of aliphatic hydroxyl groups excluding tert-OH is 1. The van der Waals surface area contributed by atoms with Gasteiger partial charge >= 0.3 is 0 Å². The van der Waals surface area contributed by atoms with E-state index < -0.39 is 11.9 Å². The molecule has 1 rings (SSSR count). The maximum atomic E-state index is 13.6. The Morgan fingerprint density at radius 2 is 2.05 bits per heavy atom. The van der Waals surface area contributed by atoms with Crippen LogP contribution in [-0.4, -0.2) is 36.2 Å². The summed E-state index contributed by atoms with van der Waals surface area (Å²) in [5, 5.41) is 13.0. The molecule has 0 heterocycles. The van der Waals surface area contributed by atoms with Gasteiger partial charge in [-0.3, -0.25) is 0 Å². The van der Waals surface area contributed by atoms with Crippen LogP contribution in [0.5, 0.6) is 5.75 Å². The molecule has 0 aliphatic carbocycles. The normalized spacial score (nSPS) is 14.5. The summed E-state index contributed by atoms with van der Waals surface area (Å²) in [6.07, 6.45) is 0.713. The third-order valence-corrected chi connectivity index (χ3v) is 3.24. The number of nitrogens with one attached hydrogen (secondary N) is 1. The molecule has 1 aromatic carbocycles. The molecule has 0 aliphatic heterocycles. The highest BCUT2D eigenvalue weighted by molar-refractivity contribution is 5.62. The third-order valence-electron chi connectivity index (χ3n) is 3.24. The maximum absolute atomic E-state index is 13.6. The first-order chi connectivity index (χ1) is 10.2. The number of aldehydes is 1. The average molecular weight is 311 g/mol. The quantitative estimate of drug-likeness (QED) is 0.725. The smallest absolute Gasteiger partial charge is 0.127 e. The molecular weight excluding hydrogens is 285 g/mol. The zero-order valence-corrected chi connectivity index (χ0v) is 13.7. The van der Waals surface area contributed by atoms with Crippen molar-refractivity contribution in [3.63, 3.8) is 0 Å². The molecule has 0 amide bonds. The van der Waals surface area contributed by atoms with Gasteiger partial charge in [0.05, 0.1) is 0 Å². The van der Waals surface area contributed by atoms with Crippen molar-refractivity contribution in [1.82, 2.24) is 5.32 Å². The van der Waals surface area contributed by atoms with Crippen LogP contribution in [0.15, 0.2) is 18.2 Å². The Kier molecular flexibility index (Phi) is 6.97. The molecule has 0 spiro atoms. The van der Waals surface area contributed by atoms with E-state index in [9.17, 15) is 14.3 Å². The van der Waals surface area contributed by atoms with E-state index >= 15 is 0 Å². The van der Waals surface area contributed by atoms with Crippen molar-refractivity contribution in [3.05, 3.63) is 29.6 Å². The Morgan fingerprint density at radius 3 is 2.59 bits per heavy atom. The minimum atomic E-state index is -0.695. The zero-order valence-electron chi connectivity index (χ0n) is 13.7. The second kappa shape index (κ2) is 8.25. The summed E-state index contributed by atoms with van der Waals surface area (Å²) in [6.45, 7) is 8.32. The highest BCUT2D eigenvalue weighted by Gasteiger charge is 2.14. The molecule has 5 heteroatoms. The lowest BCUT2D eigenvalue weighted by Gasteiger charge is -2.23. The van der Waals surface area contributed by atoms with Crippen molar-refractivity contribution in [2.45, 2.75) is 51.7 Å². The summed E-state index contributed by atoms with van der Waals surface area (Å²) < 4.78 is 19.1. The monoisotopic (exact) mass is 311 g/mol. The van der Waals surface area contributed by atoms with Gasteiger partial charge in [0.15, 0.2) is 0 Å². The van der Waals surface area contributed by atoms with Crippen LogP contribution >= 0.6 is 0 Å². The number of hydrogen-bond acceptors (Lipinski definition) is 4. The number of carbonyl (C=O) groups is 1. The van der Waals surface area contributed by atoms with E-state index in [1.807, 2.05) is 27.7 Å². The first kappa shape index (κ1) is 18.6. The van der Waals surface area contributed by atoms with Crippen molar-refractivity contribution in [2.75, 3.05) is 13.2 Å². The molecule has 0 fully saturated rings. The van der Waals surface area contributed by atoms with Crippen LogP contribution in [0.4, 0.5) is 4.39 Å². The highest BCUT2D eigenvalue weighted by Crippen LogP contribution is 2.24. The Morgan fingerprint density at radius 1 is 1.36 bits per heavy atom. The van der Waals surface area contributed by atoms with Gasteiger partial charge in [0, 0.05) is 24.1 Å². The molecule has 0 saturated heterocycles. The third kappa shape index (κ3) is 6.54. The lowest BCUT2D eigenvalue weighted by Crippen LogP contribution is -2.42. The molecule has 0 bridgehead atoms. The van der Waals surface area contributed by atoms with Gasteiger partial charge in [-0.15, -0.1) is 0 Å². The summed E-state index contributed by atoms with van der Waals surface area (Å²) in [7, 11) is 0. The van der Waals surface area contributed by atoms with Gasteiger partial charge in [0.25, 0.3) is 0 Å². The first-order valence-corrected chi connectivity index (χ1v) is 7.57. The highest BCUT2D eigenvalue weighted by atomic mass is 19.1. The van der Waals surface area contributed by atoms with Crippen LogP contribution < -0.4 is 10.1 Å². The van der Waals surface area contributed by atoms with Crippen LogP contribution in [0.3, 0.4) is 0 Å². The number of halogens is 1. The molecule has 2 atom stereocenters. The second-order valence-electron chi connectivity index (χ2n) is 6.47. The molecule has 124 valence electrons. The van der Waals surface area contributed by atoms with E-state index in [-0.39, 0.29) is 18.1 Å². The summed E-state index contributed by atoms with van der Waals surface area (Å²) in [5.74, 6) is -0.467. The summed E-state index contributed by atoms with van der Waals surface area (Å²) in [5.41, 5.74) is 0.500. The van der Waals surface area contributed by atoms with E-state index in [2.05, 4.69) is 5.32 Å². The SMILES string of the molecule is CCC(C=O)c1cc(F)cc(OCC(O)CNC(C)(C)C)c1. The summed E-state index contributed by atoms with van der Waals surface area (Å²) in [4.78, 5) is 11.0. The molecule has 2 N–H and O–H groups in total. The molecule has 4 nitrogen and oxygen atoms in total. The van der Waals surface area contributed by atoms with Crippen molar-refractivity contribution in [2.24, 2.45) is 0 Å². The Hall–Kier alpha value is -1.46. The lowest BCUT2D eigenvalue weighted by molar-refractivity contribution is -0.109. The standard InChI is InChI=1S/C17H26FNO3/c1-5-12(10-20)13-6-14(18)8-16(7-13)22-11-15(21)9-19-17(2,3)4/h6-8,10,12,15,19,21H,5,9,11H2,1-4H3. The molecule has 0 saturated carbocycles. The van der Waals surface area contributed by atoms with Crippen LogP contribution in [0.2, 0.25) is 0 Å². The Labute approximate surface area is 131 Å². The van der Waals surface area contributed by atoms with Crippen molar-refractivity contribution in [3.8, 4) is 5.75 Å². The van der Waals surface area contributed by atoms with Gasteiger partial charge in [-0.25, -0.2) is 4.39 Å². The second-order valence-corrected chi connectivity index (χ2v) is 6.47. The minimum Gasteiger partial charge on any atom is -0.491 e. The average Bonchev–Trinajstić information content (AvgIpc) is 2.43. The van der Waals surface area contributed by atoms with Gasteiger partial charge < -0.3 is 20.0 Å². The van der Waals surface area contributed by atoms with Gasteiger partial charge in [0.2, 0.25) is 0 Å². The van der Waals surface area contributed by atoms with Gasteiger partial charge in [0.1, 0.15) is 30.6 Å². The van der Waals surface area contributed by atoms with Gasteiger partial charge in [-0.05, 0) is 44.9 Å². The van der Waals surface area contributed by atoms with Crippen molar-refractivity contribution < 1.29 is 19.0 Å². The fourth-order valence-corrected chi connectivity index (χ4v) is 1.97. The number of ether oxygens (including phenoxy) is 1. The predicted molar refractivity (Wildman–Crippen MR) is 84.8 cm³/mol.